The minimum Gasteiger partial charge on any atom is -0.396 e. The van der Waals surface area contributed by atoms with E-state index >= 15 is 0 Å². The second-order valence-electron chi connectivity index (χ2n) is 3.48. The molecule has 1 aliphatic heterocycles. The zero-order chi connectivity index (χ0) is 8.48. The van der Waals surface area contributed by atoms with Crippen molar-refractivity contribution >= 4 is 0 Å². The minimum atomic E-state index is -0.481. The lowest BCUT2D eigenvalue weighted by Crippen LogP contribution is -2.45. The summed E-state index contributed by atoms with van der Waals surface area (Å²) in [4.78, 5) is 0. The summed E-state index contributed by atoms with van der Waals surface area (Å²) in [6.07, 6.45) is 0.0868. The van der Waals surface area contributed by atoms with Crippen molar-refractivity contribution in [2.75, 3.05) is 13.2 Å². The van der Waals surface area contributed by atoms with Crippen molar-refractivity contribution < 1.29 is 14.6 Å². The van der Waals surface area contributed by atoms with E-state index in [2.05, 4.69) is 0 Å². The second-order valence-corrected chi connectivity index (χ2v) is 3.48. The van der Waals surface area contributed by atoms with Gasteiger partial charge in [0.05, 0.1) is 19.3 Å². The molecule has 1 aliphatic rings. The Hall–Kier alpha value is -0.120. The molecule has 0 aromatic rings. The van der Waals surface area contributed by atoms with Crippen LogP contribution in [0.2, 0.25) is 0 Å². The van der Waals surface area contributed by atoms with Crippen LogP contribution in [-0.4, -0.2) is 30.2 Å². The molecule has 0 bridgehead atoms. The monoisotopic (exact) mass is 160 g/mol. The van der Waals surface area contributed by atoms with Crippen molar-refractivity contribution in [2.24, 2.45) is 5.92 Å². The van der Waals surface area contributed by atoms with Crippen LogP contribution >= 0.6 is 0 Å². The molecule has 1 heterocycles. The Morgan fingerprint density at radius 2 is 2.18 bits per heavy atom. The van der Waals surface area contributed by atoms with E-state index < -0.39 is 5.79 Å². The Labute approximate surface area is 67.3 Å². The number of hydrogen-bond donors (Lipinski definition) is 1. The third-order valence-electron chi connectivity index (χ3n) is 2.01. The maximum absolute atomic E-state index is 8.87. The highest BCUT2D eigenvalue weighted by molar-refractivity contribution is 4.73. The first-order chi connectivity index (χ1) is 5.05. The van der Waals surface area contributed by atoms with Gasteiger partial charge in [0.15, 0.2) is 5.79 Å². The Bertz CT molecular complexity index is 133. The zero-order valence-corrected chi connectivity index (χ0v) is 7.33. The van der Waals surface area contributed by atoms with Crippen LogP contribution in [0.3, 0.4) is 0 Å². The molecule has 0 saturated carbocycles. The molecule has 3 heteroatoms. The fourth-order valence-corrected chi connectivity index (χ4v) is 1.22. The van der Waals surface area contributed by atoms with Gasteiger partial charge in [-0.1, -0.05) is 0 Å². The molecule has 0 aromatic heterocycles. The molecular weight excluding hydrogens is 144 g/mol. The average Bonchev–Trinajstić information content (AvgIpc) is 1.86. The second kappa shape index (κ2) is 3.09. The summed E-state index contributed by atoms with van der Waals surface area (Å²) in [5, 5.41) is 8.87. The van der Waals surface area contributed by atoms with E-state index in [1.54, 1.807) is 0 Å². The van der Waals surface area contributed by atoms with Crippen LogP contribution in [0.1, 0.15) is 20.8 Å². The van der Waals surface area contributed by atoms with Crippen LogP contribution in [0.4, 0.5) is 0 Å². The number of hydrogen-bond acceptors (Lipinski definition) is 3. The first-order valence-corrected chi connectivity index (χ1v) is 3.98. The molecule has 1 saturated heterocycles. The van der Waals surface area contributed by atoms with Crippen LogP contribution in [0.25, 0.3) is 0 Å². The van der Waals surface area contributed by atoms with E-state index in [1.165, 1.54) is 0 Å². The lowest BCUT2D eigenvalue weighted by Gasteiger charge is -2.38. The molecule has 0 amide bonds. The number of rotatable bonds is 1. The van der Waals surface area contributed by atoms with Crippen LogP contribution in [0, 0.1) is 5.92 Å². The lowest BCUT2D eigenvalue weighted by molar-refractivity contribution is -0.291. The fraction of sp³-hybridized carbons (Fsp3) is 1.00. The zero-order valence-electron chi connectivity index (χ0n) is 7.33. The topological polar surface area (TPSA) is 38.7 Å². The van der Waals surface area contributed by atoms with Crippen molar-refractivity contribution in [3.05, 3.63) is 0 Å². The average molecular weight is 160 g/mol. The molecule has 0 radical (unpaired) electrons. The fourth-order valence-electron chi connectivity index (χ4n) is 1.22. The van der Waals surface area contributed by atoms with Crippen molar-refractivity contribution in [2.45, 2.75) is 32.7 Å². The van der Waals surface area contributed by atoms with Crippen LogP contribution < -0.4 is 0 Å². The van der Waals surface area contributed by atoms with Gasteiger partial charge in [-0.15, -0.1) is 0 Å². The highest BCUT2D eigenvalue weighted by atomic mass is 16.7. The Balaban J connectivity index is 2.48. The predicted octanol–water partition coefficient (Wildman–Crippen LogP) is 0.766. The highest BCUT2D eigenvalue weighted by Gasteiger charge is 2.33. The van der Waals surface area contributed by atoms with Gasteiger partial charge in [0, 0.05) is 5.92 Å². The first kappa shape index (κ1) is 8.97. The van der Waals surface area contributed by atoms with Crippen molar-refractivity contribution in [1.29, 1.82) is 0 Å². The van der Waals surface area contributed by atoms with Gasteiger partial charge in [0.25, 0.3) is 0 Å². The summed E-state index contributed by atoms with van der Waals surface area (Å²) in [5.41, 5.74) is 0. The summed E-state index contributed by atoms with van der Waals surface area (Å²) < 4.78 is 10.9. The first-order valence-electron chi connectivity index (χ1n) is 3.98. The van der Waals surface area contributed by atoms with Crippen molar-refractivity contribution in [3.63, 3.8) is 0 Å². The Kier molecular flexibility index (Phi) is 2.52. The van der Waals surface area contributed by atoms with Gasteiger partial charge in [-0.25, -0.2) is 0 Å². The van der Waals surface area contributed by atoms with E-state index in [9.17, 15) is 0 Å². The quantitative estimate of drug-likeness (QED) is 0.615. The van der Waals surface area contributed by atoms with Gasteiger partial charge in [-0.2, -0.15) is 0 Å². The molecule has 2 unspecified atom stereocenters. The summed E-state index contributed by atoms with van der Waals surface area (Å²) in [6, 6.07) is 0. The van der Waals surface area contributed by atoms with E-state index in [0.717, 1.165) is 0 Å². The summed E-state index contributed by atoms with van der Waals surface area (Å²) in [7, 11) is 0. The molecule has 1 N–H and O–H groups in total. The number of ether oxygens (including phenoxy) is 2. The minimum absolute atomic E-state index is 0.0868. The molecule has 2 atom stereocenters. The normalized spacial score (nSPS) is 37.1. The summed E-state index contributed by atoms with van der Waals surface area (Å²) >= 11 is 0. The predicted molar refractivity (Wildman–Crippen MR) is 41.2 cm³/mol. The van der Waals surface area contributed by atoms with E-state index in [1.807, 2.05) is 20.8 Å². The van der Waals surface area contributed by atoms with Crippen LogP contribution in [0.15, 0.2) is 0 Å². The SMILES string of the molecule is CC1OC(C)(C)OCC1CO. The largest absolute Gasteiger partial charge is 0.396 e. The molecule has 1 rings (SSSR count). The van der Waals surface area contributed by atoms with E-state index in [4.69, 9.17) is 14.6 Å². The lowest BCUT2D eigenvalue weighted by atomic mass is 10.0. The van der Waals surface area contributed by atoms with Gasteiger partial charge in [0.1, 0.15) is 0 Å². The molecule has 1 fully saturated rings. The Morgan fingerprint density at radius 3 is 2.64 bits per heavy atom. The van der Waals surface area contributed by atoms with Crippen LogP contribution in [0.5, 0.6) is 0 Å². The van der Waals surface area contributed by atoms with Gasteiger partial charge in [-0.05, 0) is 20.8 Å². The summed E-state index contributed by atoms with van der Waals surface area (Å²) in [5.74, 6) is -0.353. The van der Waals surface area contributed by atoms with Gasteiger partial charge < -0.3 is 14.6 Å². The third kappa shape index (κ3) is 2.15. The van der Waals surface area contributed by atoms with Gasteiger partial charge in [-0.3, -0.25) is 0 Å². The van der Waals surface area contributed by atoms with E-state index in [-0.39, 0.29) is 18.6 Å². The molecule has 0 aliphatic carbocycles. The maximum Gasteiger partial charge on any atom is 0.163 e. The van der Waals surface area contributed by atoms with E-state index in [0.29, 0.717) is 6.61 Å². The van der Waals surface area contributed by atoms with Crippen molar-refractivity contribution in [1.82, 2.24) is 0 Å². The molecule has 11 heavy (non-hydrogen) atoms. The van der Waals surface area contributed by atoms with Crippen LogP contribution in [-0.2, 0) is 9.47 Å². The molecule has 0 aromatic carbocycles. The van der Waals surface area contributed by atoms with Gasteiger partial charge >= 0.3 is 0 Å². The molecule has 66 valence electrons. The smallest absolute Gasteiger partial charge is 0.163 e. The molecule has 3 nitrogen and oxygen atoms in total. The maximum atomic E-state index is 8.87. The molecule has 0 spiro atoms. The third-order valence-corrected chi connectivity index (χ3v) is 2.01. The number of aliphatic hydroxyl groups excluding tert-OH is 1. The Morgan fingerprint density at radius 1 is 1.55 bits per heavy atom. The molecular formula is C8H16O3. The van der Waals surface area contributed by atoms with Crippen molar-refractivity contribution in [3.8, 4) is 0 Å². The van der Waals surface area contributed by atoms with Gasteiger partial charge in [0.2, 0.25) is 0 Å². The number of aliphatic hydroxyl groups is 1. The standard InChI is InChI=1S/C8H16O3/c1-6-7(4-9)5-10-8(2,3)11-6/h6-7,9H,4-5H2,1-3H3. The summed E-state index contributed by atoms with van der Waals surface area (Å²) in [6.45, 7) is 6.46. The highest BCUT2D eigenvalue weighted by Crippen LogP contribution is 2.25.